The minimum atomic E-state index is -1.50. The Morgan fingerprint density at radius 3 is 2.33 bits per heavy atom. The van der Waals surface area contributed by atoms with Gasteiger partial charge in [-0.25, -0.2) is 0 Å². The van der Waals surface area contributed by atoms with Gasteiger partial charge in [0.05, 0.1) is 24.4 Å². The fraction of sp³-hybridized carbons (Fsp3) is 0.842. The average Bonchev–Trinajstić information content (AvgIpc) is 2.52. The number of rotatable bonds is 4. The number of aliphatic hydroxyl groups is 6. The minimum absolute atomic E-state index is 0.217. The molecule has 1 saturated heterocycles. The van der Waals surface area contributed by atoms with Gasteiger partial charge in [-0.1, -0.05) is 13.8 Å². The maximum atomic E-state index is 10.7. The van der Waals surface area contributed by atoms with Crippen molar-refractivity contribution in [3.63, 3.8) is 0 Å². The lowest BCUT2D eigenvalue weighted by Crippen LogP contribution is -2.59. The summed E-state index contributed by atoms with van der Waals surface area (Å²) in [6.45, 7) is 6.62. The highest BCUT2D eigenvalue weighted by Gasteiger charge is 2.45. The molecule has 0 bridgehead atoms. The number of hydrogen-bond donors (Lipinski definition) is 6. The lowest BCUT2D eigenvalue weighted by Gasteiger charge is -2.43. The quantitative estimate of drug-likeness (QED) is 0.344. The summed E-state index contributed by atoms with van der Waals surface area (Å²) in [6.07, 6.45) is -5.60. The molecule has 1 unspecified atom stereocenters. The van der Waals surface area contributed by atoms with E-state index >= 15 is 0 Å². The molecule has 1 heterocycles. The Bertz CT molecular complexity index is 558. The van der Waals surface area contributed by atoms with Crippen molar-refractivity contribution < 1.29 is 40.1 Å². The zero-order valence-electron chi connectivity index (χ0n) is 16.2. The summed E-state index contributed by atoms with van der Waals surface area (Å²) < 4.78 is 10.9. The highest BCUT2D eigenvalue weighted by Crippen LogP contribution is 2.45. The van der Waals surface area contributed by atoms with Gasteiger partial charge < -0.3 is 40.1 Å². The zero-order chi connectivity index (χ0) is 20.6. The van der Waals surface area contributed by atoms with Gasteiger partial charge in [-0.15, -0.1) is 5.73 Å². The third-order valence-electron chi connectivity index (χ3n) is 5.25. The molecule has 1 saturated carbocycles. The molecule has 0 aromatic carbocycles. The van der Waals surface area contributed by atoms with Crippen LogP contribution in [0.15, 0.2) is 17.4 Å². The van der Waals surface area contributed by atoms with Gasteiger partial charge in [0.1, 0.15) is 24.4 Å². The summed E-state index contributed by atoms with van der Waals surface area (Å²) in [6, 6.07) is 0. The van der Waals surface area contributed by atoms with Crippen molar-refractivity contribution in [3.8, 4) is 0 Å². The van der Waals surface area contributed by atoms with Crippen LogP contribution in [-0.2, 0) is 9.47 Å². The van der Waals surface area contributed by atoms with E-state index in [0.29, 0.717) is 12.0 Å². The SMILES string of the molecule is CC(C=C=C1C(C)(C)C[C@H](O)C[C@@]1(C)O)O[C@@H]1O[C@H](CO)[C@@H](O)[C@H](O)[C@H]1O. The smallest absolute Gasteiger partial charge is 0.187 e. The summed E-state index contributed by atoms with van der Waals surface area (Å²) in [5.41, 5.74) is 2.06. The van der Waals surface area contributed by atoms with Crippen molar-refractivity contribution in [1.82, 2.24) is 0 Å². The van der Waals surface area contributed by atoms with Crippen LogP contribution in [0, 0.1) is 5.41 Å². The Labute approximate surface area is 159 Å². The van der Waals surface area contributed by atoms with Gasteiger partial charge in [-0.3, -0.25) is 0 Å². The van der Waals surface area contributed by atoms with Crippen LogP contribution >= 0.6 is 0 Å². The van der Waals surface area contributed by atoms with Crippen molar-refractivity contribution in [2.75, 3.05) is 6.61 Å². The van der Waals surface area contributed by atoms with Crippen molar-refractivity contribution >= 4 is 0 Å². The largest absolute Gasteiger partial charge is 0.394 e. The van der Waals surface area contributed by atoms with Crippen molar-refractivity contribution in [2.45, 2.75) is 89.1 Å². The molecule has 1 aliphatic carbocycles. The van der Waals surface area contributed by atoms with Crippen molar-refractivity contribution in [2.24, 2.45) is 5.41 Å². The van der Waals surface area contributed by atoms with Crippen molar-refractivity contribution in [3.05, 3.63) is 17.4 Å². The zero-order valence-corrected chi connectivity index (χ0v) is 16.2. The molecule has 0 aromatic rings. The Balaban J connectivity index is 2.16. The first-order valence-electron chi connectivity index (χ1n) is 9.23. The molecule has 27 heavy (non-hydrogen) atoms. The Kier molecular flexibility index (Phi) is 6.90. The van der Waals surface area contributed by atoms with E-state index in [1.807, 2.05) is 13.8 Å². The first-order valence-corrected chi connectivity index (χ1v) is 9.23. The normalized spacial score (nSPS) is 43.1. The Hall–Kier alpha value is -0.800. The average molecular weight is 388 g/mol. The molecule has 0 aromatic heterocycles. The van der Waals surface area contributed by atoms with Gasteiger partial charge in [-0.2, -0.15) is 0 Å². The van der Waals surface area contributed by atoms with Crippen LogP contribution in [0.2, 0.25) is 0 Å². The van der Waals surface area contributed by atoms with Gasteiger partial charge in [0.25, 0.3) is 0 Å². The van der Waals surface area contributed by atoms with E-state index in [1.165, 1.54) is 0 Å². The van der Waals surface area contributed by atoms with Crippen LogP contribution in [0.5, 0.6) is 0 Å². The lowest BCUT2D eigenvalue weighted by atomic mass is 9.65. The van der Waals surface area contributed by atoms with E-state index in [9.17, 15) is 30.6 Å². The fourth-order valence-electron chi connectivity index (χ4n) is 4.04. The third-order valence-corrected chi connectivity index (χ3v) is 5.25. The van der Waals surface area contributed by atoms with E-state index in [0.717, 1.165) is 0 Å². The van der Waals surface area contributed by atoms with E-state index in [4.69, 9.17) is 9.47 Å². The standard InChI is InChI=1S/C19H32O8/c1-10(26-17-16(24)15(23)14(22)12(9-20)27-17)5-6-13-18(2,3)7-11(21)8-19(13,4)25/h5,10-12,14-17,20-25H,7-9H2,1-4H3/t6?,10?,11-,12+,14+,15-,16+,17+,19+/m0/s1. The minimum Gasteiger partial charge on any atom is -0.394 e. The van der Waals surface area contributed by atoms with E-state index < -0.39 is 60.5 Å². The van der Waals surface area contributed by atoms with Crippen LogP contribution in [0.3, 0.4) is 0 Å². The molecule has 8 atom stereocenters. The number of ether oxygens (including phenoxy) is 2. The van der Waals surface area contributed by atoms with Gasteiger partial charge in [0.2, 0.25) is 0 Å². The summed E-state index contributed by atoms with van der Waals surface area (Å²) in [5, 5.41) is 59.5. The Morgan fingerprint density at radius 2 is 1.78 bits per heavy atom. The number of aliphatic hydroxyl groups excluding tert-OH is 5. The lowest BCUT2D eigenvalue weighted by molar-refractivity contribution is -0.306. The first-order chi connectivity index (χ1) is 12.4. The molecule has 0 spiro atoms. The van der Waals surface area contributed by atoms with Gasteiger partial charge >= 0.3 is 0 Å². The summed E-state index contributed by atoms with van der Waals surface area (Å²) >= 11 is 0. The van der Waals surface area contributed by atoms with E-state index in [1.54, 1.807) is 19.9 Å². The van der Waals surface area contributed by atoms with Gasteiger partial charge in [-0.05, 0) is 31.8 Å². The molecular weight excluding hydrogens is 356 g/mol. The van der Waals surface area contributed by atoms with Crippen LogP contribution in [0.25, 0.3) is 0 Å². The first kappa shape index (κ1) is 22.5. The molecule has 156 valence electrons. The Morgan fingerprint density at radius 1 is 1.15 bits per heavy atom. The van der Waals surface area contributed by atoms with Crippen LogP contribution in [0.1, 0.15) is 40.5 Å². The summed E-state index contributed by atoms with van der Waals surface area (Å²) in [5.74, 6) is 0. The maximum absolute atomic E-state index is 10.7. The maximum Gasteiger partial charge on any atom is 0.187 e. The highest BCUT2D eigenvalue weighted by molar-refractivity contribution is 5.26. The third kappa shape index (κ3) is 4.98. The molecule has 0 radical (unpaired) electrons. The van der Waals surface area contributed by atoms with Gasteiger partial charge in [0, 0.05) is 12.0 Å². The van der Waals surface area contributed by atoms with E-state index in [-0.39, 0.29) is 6.42 Å². The molecular formula is C19H32O8. The predicted molar refractivity (Wildman–Crippen MR) is 95.6 cm³/mol. The van der Waals surface area contributed by atoms with Gasteiger partial charge in [0.15, 0.2) is 6.29 Å². The fourth-order valence-corrected chi connectivity index (χ4v) is 4.04. The second-order valence-electron chi connectivity index (χ2n) is 8.44. The second-order valence-corrected chi connectivity index (χ2v) is 8.44. The van der Waals surface area contributed by atoms with E-state index in [2.05, 4.69) is 5.73 Å². The molecule has 2 fully saturated rings. The molecule has 6 N–H and O–H groups in total. The molecule has 0 amide bonds. The molecule has 2 rings (SSSR count). The van der Waals surface area contributed by atoms with Crippen LogP contribution in [-0.4, -0.2) is 85.8 Å². The predicted octanol–water partition coefficient (Wildman–Crippen LogP) is -0.795. The van der Waals surface area contributed by atoms with Crippen LogP contribution < -0.4 is 0 Å². The highest BCUT2D eigenvalue weighted by atomic mass is 16.7. The topological polar surface area (TPSA) is 140 Å². The number of hydrogen-bond acceptors (Lipinski definition) is 8. The summed E-state index contributed by atoms with van der Waals surface area (Å²) in [4.78, 5) is 0. The summed E-state index contributed by atoms with van der Waals surface area (Å²) in [7, 11) is 0. The monoisotopic (exact) mass is 388 g/mol. The molecule has 8 heteroatoms. The molecule has 1 aliphatic heterocycles. The second kappa shape index (κ2) is 8.29. The van der Waals surface area contributed by atoms with Crippen LogP contribution in [0.4, 0.5) is 0 Å². The molecule has 8 nitrogen and oxygen atoms in total. The molecule has 2 aliphatic rings. The van der Waals surface area contributed by atoms with Crippen molar-refractivity contribution in [1.29, 1.82) is 0 Å².